The second kappa shape index (κ2) is 20.4. The van der Waals surface area contributed by atoms with Crippen molar-refractivity contribution in [2.75, 3.05) is 9.80 Å². The van der Waals surface area contributed by atoms with E-state index in [1.807, 2.05) is 36.4 Å². The van der Waals surface area contributed by atoms with Crippen molar-refractivity contribution in [2.24, 2.45) is 0 Å². The monoisotopic (exact) mass is 1030 g/mol. The first-order valence-corrected chi connectivity index (χ1v) is 26.8. The third kappa shape index (κ3) is 8.62. The van der Waals surface area contributed by atoms with Gasteiger partial charge in [-0.2, -0.15) is 0 Å². The maximum absolute atomic E-state index is 8.16. The van der Waals surface area contributed by atoms with Gasteiger partial charge in [0, 0.05) is 67.0 Å². The SMILES string of the molecule is [2H]C([2H])=C([2H])c1ccc(-c2ccc(N(c3ccc(-c4ccc(N(c5ccc(-c6ccc(C([2H])=C([2H])[2H])cc6)cc5)c5ccc6c(c5)c5ccccc5n6-c5ccccc5)cc4)cc3)c3ccc4c(c3)c3ccccc3n4-c3ccccc3)cc2)cc1. The number of benzene rings is 12. The van der Waals surface area contributed by atoms with E-state index in [9.17, 15) is 0 Å². The summed E-state index contributed by atoms with van der Waals surface area (Å²) < 4.78 is 51.5. The van der Waals surface area contributed by atoms with E-state index in [2.05, 4.69) is 249 Å². The van der Waals surface area contributed by atoms with Gasteiger partial charge in [0.05, 0.1) is 30.3 Å². The van der Waals surface area contributed by atoms with Crippen LogP contribution in [0.5, 0.6) is 0 Å². The fourth-order valence-electron chi connectivity index (χ4n) is 11.5. The Labute approximate surface area is 475 Å². The summed E-state index contributed by atoms with van der Waals surface area (Å²) in [4.78, 5) is 4.61. The van der Waals surface area contributed by atoms with Crippen LogP contribution >= 0.6 is 0 Å². The van der Waals surface area contributed by atoms with Crippen LogP contribution in [-0.4, -0.2) is 9.13 Å². The predicted octanol–water partition coefficient (Wildman–Crippen LogP) is 21.1. The summed E-state index contributed by atoms with van der Waals surface area (Å²) in [5, 5.41) is 4.63. The average Bonchev–Trinajstić information content (AvgIpc) is 1.76. The molecule has 0 spiro atoms. The topological polar surface area (TPSA) is 16.3 Å². The summed E-state index contributed by atoms with van der Waals surface area (Å²) in [5.41, 5.74) is 19.9. The van der Waals surface area contributed by atoms with E-state index in [0.717, 1.165) is 112 Å². The highest BCUT2D eigenvalue weighted by atomic mass is 15.1. The van der Waals surface area contributed by atoms with Crippen molar-refractivity contribution in [1.82, 2.24) is 9.13 Å². The molecule has 0 amide bonds. The molecule has 0 aliphatic heterocycles. The Morgan fingerprint density at radius 2 is 0.550 bits per heavy atom. The highest BCUT2D eigenvalue weighted by Crippen LogP contribution is 2.44. The van der Waals surface area contributed by atoms with Crippen LogP contribution in [0.1, 0.15) is 19.4 Å². The van der Waals surface area contributed by atoms with Crippen LogP contribution < -0.4 is 9.80 Å². The van der Waals surface area contributed by atoms with E-state index in [1.165, 1.54) is 10.8 Å². The minimum atomic E-state index is -0.511. The molecule has 378 valence electrons. The fourth-order valence-corrected chi connectivity index (χ4v) is 11.5. The van der Waals surface area contributed by atoms with Gasteiger partial charge < -0.3 is 18.9 Å². The van der Waals surface area contributed by atoms with Gasteiger partial charge in [-0.05, 0) is 166 Å². The number of rotatable bonds is 13. The molecule has 0 radical (unpaired) electrons. The summed E-state index contributed by atoms with van der Waals surface area (Å²) in [5.74, 6) is 0. The van der Waals surface area contributed by atoms with Gasteiger partial charge in [-0.1, -0.05) is 195 Å². The molecule has 0 aliphatic rings. The molecule has 80 heavy (non-hydrogen) atoms. The maximum Gasteiger partial charge on any atom is 0.0623 e. The second-order valence-corrected chi connectivity index (χ2v) is 20.0. The lowest BCUT2D eigenvalue weighted by atomic mass is 10.0. The molecule has 0 bridgehead atoms. The molecule has 2 heterocycles. The van der Waals surface area contributed by atoms with Gasteiger partial charge in [0.2, 0.25) is 0 Å². The van der Waals surface area contributed by atoms with Crippen LogP contribution in [-0.2, 0) is 0 Å². The number of hydrogen-bond donors (Lipinski definition) is 0. The minimum Gasteiger partial charge on any atom is -0.310 e. The van der Waals surface area contributed by atoms with E-state index >= 15 is 0 Å². The Kier molecular flexibility index (Phi) is 10.6. The first-order valence-electron chi connectivity index (χ1n) is 29.8. The van der Waals surface area contributed by atoms with Crippen LogP contribution in [0.15, 0.2) is 304 Å². The summed E-state index contributed by atoms with van der Waals surface area (Å²) in [7, 11) is 0. The lowest BCUT2D eigenvalue weighted by Crippen LogP contribution is -2.10. The highest BCUT2D eigenvalue weighted by Gasteiger charge is 2.21. The van der Waals surface area contributed by atoms with Crippen molar-refractivity contribution in [3.63, 3.8) is 0 Å². The van der Waals surface area contributed by atoms with Crippen LogP contribution in [0.2, 0.25) is 0 Å². The van der Waals surface area contributed by atoms with Crippen molar-refractivity contribution in [3.8, 4) is 44.8 Å². The molecular weight excluding hydrogens is 969 g/mol. The molecule has 14 rings (SSSR count). The second-order valence-electron chi connectivity index (χ2n) is 20.0. The number of nitrogens with zero attached hydrogens (tertiary/aromatic N) is 4. The lowest BCUT2D eigenvalue weighted by Gasteiger charge is -2.27. The number of fused-ring (bicyclic) bond motifs is 6. The molecule has 0 unspecified atom stereocenters. The maximum atomic E-state index is 8.16. The fraction of sp³-hybridized carbons (Fsp3) is 0. The largest absolute Gasteiger partial charge is 0.310 e. The summed E-state index contributed by atoms with van der Waals surface area (Å²) in [6.45, 7) is -1.02. The van der Waals surface area contributed by atoms with Gasteiger partial charge in [0.25, 0.3) is 0 Å². The van der Waals surface area contributed by atoms with E-state index in [-0.39, 0.29) is 12.1 Å². The first kappa shape index (κ1) is 41.5. The van der Waals surface area contributed by atoms with Crippen LogP contribution in [0, 0.1) is 0 Å². The molecule has 14 aromatic rings. The van der Waals surface area contributed by atoms with Crippen molar-refractivity contribution >= 4 is 89.8 Å². The Morgan fingerprint density at radius 1 is 0.275 bits per heavy atom. The normalized spacial score (nSPS) is 12.3. The van der Waals surface area contributed by atoms with Crippen LogP contribution in [0.4, 0.5) is 34.1 Å². The van der Waals surface area contributed by atoms with E-state index in [4.69, 9.17) is 8.22 Å². The number of aromatic nitrogens is 2. The molecular formula is C76H54N4. The van der Waals surface area contributed by atoms with E-state index < -0.39 is 13.1 Å². The Balaban J connectivity index is 0.834. The minimum absolute atomic E-state index is 0.107. The third-order valence-corrected chi connectivity index (χ3v) is 15.4. The molecule has 4 heteroatoms. The third-order valence-electron chi connectivity index (χ3n) is 15.4. The molecule has 12 aromatic carbocycles. The van der Waals surface area contributed by atoms with Gasteiger partial charge in [-0.15, -0.1) is 0 Å². The van der Waals surface area contributed by atoms with Crippen molar-refractivity contribution in [1.29, 1.82) is 0 Å². The summed E-state index contributed by atoms with van der Waals surface area (Å²) >= 11 is 0. The molecule has 4 nitrogen and oxygen atoms in total. The quantitative estimate of drug-likeness (QED) is 0.114. The Morgan fingerprint density at radius 3 is 0.875 bits per heavy atom. The van der Waals surface area contributed by atoms with Crippen LogP contribution in [0.3, 0.4) is 0 Å². The number of para-hydroxylation sites is 4. The van der Waals surface area contributed by atoms with Gasteiger partial charge in [0.1, 0.15) is 0 Å². The highest BCUT2D eigenvalue weighted by molar-refractivity contribution is 6.12. The first-order chi connectivity index (χ1) is 42.1. The summed E-state index contributed by atoms with van der Waals surface area (Å²) in [6, 6.07) is 101. The molecule has 0 saturated heterocycles. The zero-order valence-electron chi connectivity index (χ0n) is 49.5. The lowest BCUT2D eigenvalue weighted by molar-refractivity contribution is 1.18. The van der Waals surface area contributed by atoms with Crippen molar-refractivity contribution in [3.05, 3.63) is 315 Å². The van der Waals surface area contributed by atoms with Crippen LogP contribution in [0.25, 0.3) is 100 Å². The molecule has 0 fully saturated rings. The predicted molar refractivity (Wildman–Crippen MR) is 341 cm³/mol. The zero-order valence-corrected chi connectivity index (χ0v) is 43.5. The summed E-state index contributed by atoms with van der Waals surface area (Å²) in [6.07, 6.45) is 0. The van der Waals surface area contributed by atoms with Crippen molar-refractivity contribution in [2.45, 2.75) is 0 Å². The van der Waals surface area contributed by atoms with Gasteiger partial charge in [-0.25, -0.2) is 0 Å². The molecule has 0 saturated carbocycles. The average molecular weight is 1030 g/mol. The molecule has 0 atom stereocenters. The number of hydrogen-bond acceptors (Lipinski definition) is 2. The molecule has 0 N–H and O–H groups in total. The van der Waals surface area contributed by atoms with Gasteiger partial charge in [0.15, 0.2) is 0 Å². The molecule has 0 aliphatic carbocycles. The Hall–Kier alpha value is -10.7. The zero-order chi connectivity index (χ0) is 58.4. The smallest absolute Gasteiger partial charge is 0.0623 e. The van der Waals surface area contributed by atoms with Crippen molar-refractivity contribution < 1.29 is 8.22 Å². The number of anilines is 6. The Bertz CT molecular complexity index is 4560. The van der Waals surface area contributed by atoms with E-state index in [0.29, 0.717) is 11.1 Å². The van der Waals surface area contributed by atoms with Gasteiger partial charge in [-0.3, -0.25) is 0 Å². The molecule has 2 aromatic heterocycles. The van der Waals surface area contributed by atoms with E-state index in [1.54, 1.807) is 24.3 Å². The van der Waals surface area contributed by atoms with Gasteiger partial charge >= 0.3 is 0 Å². The standard InChI is InChI=1S/C76H54N4/c1-3-53-23-27-55(28-24-53)57-31-39-63(40-32-57)77(67-47-49-75-71(51-67)69-19-11-13-21-73(69)79(75)61-15-7-5-8-16-61)65-43-35-59(36-44-65)60-37-45-66(46-38-60)78(64-41-33-58(34-42-64)56-29-25-54(4-2)26-30-56)68-48-50-76-72(52-68)70-20-12-14-22-74(70)80(76)62-17-9-6-10-18-62/h3-52H,1-2H2/i1D2,2D2,3D,4D.